The Balaban J connectivity index is 1.34. The number of carbonyl (C=O) groups is 4. The van der Waals surface area contributed by atoms with E-state index in [-0.39, 0.29) is 29.7 Å². The van der Waals surface area contributed by atoms with E-state index in [4.69, 9.17) is 19.7 Å². The van der Waals surface area contributed by atoms with Crippen molar-refractivity contribution < 1.29 is 53.8 Å². The molecule has 1 aromatic rings. The van der Waals surface area contributed by atoms with Crippen molar-refractivity contribution in [2.45, 2.75) is 67.8 Å². The fourth-order valence-electron chi connectivity index (χ4n) is 6.38. The molecule has 37 heavy (non-hydrogen) atoms. The van der Waals surface area contributed by atoms with Crippen LogP contribution in [0.3, 0.4) is 0 Å². The molecular formula is C25H27NO11. The van der Waals surface area contributed by atoms with Gasteiger partial charge in [0.05, 0.1) is 30.3 Å². The van der Waals surface area contributed by atoms with Crippen LogP contribution >= 0.6 is 0 Å². The van der Waals surface area contributed by atoms with Crippen molar-refractivity contribution >= 4 is 23.9 Å². The van der Waals surface area contributed by atoms with Gasteiger partial charge in [0.2, 0.25) is 6.10 Å². The maximum Gasteiger partial charge on any atom is 0.345 e. The Morgan fingerprint density at radius 2 is 1.92 bits per heavy atom. The number of aliphatic hydroxyl groups is 1. The van der Waals surface area contributed by atoms with Crippen LogP contribution in [0, 0.1) is 0 Å². The van der Waals surface area contributed by atoms with Crippen LogP contribution in [0.4, 0.5) is 0 Å². The van der Waals surface area contributed by atoms with Crippen molar-refractivity contribution in [3.8, 4) is 11.5 Å². The van der Waals surface area contributed by atoms with Crippen molar-refractivity contribution in [1.82, 2.24) is 4.90 Å². The van der Waals surface area contributed by atoms with Gasteiger partial charge in [-0.05, 0) is 44.1 Å². The van der Waals surface area contributed by atoms with Crippen LogP contribution in [-0.2, 0) is 40.5 Å². The average molecular weight is 517 g/mol. The number of piperidine rings is 1. The lowest BCUT2D eigenvalue weighted by Crippen LogP contribution is -2.74. The molecule has 0 aromatic heterocycles. The normalized spacial score (nSPS) is 29.8. The summed E-state index contributed by atoms with van der Waals surface area (Å²) in [6.45, 7) is 0.662. The zero-order chi connectivity index (χ0) is 26.7. The third-order valence-electron chi connectivity index (χ3n) is 8.03. The van der Waals surface area contributed by atoms with E-state index in [1.165, 1.54) is 0 Å². The predicted molar refractivity (Wildman–Crippen MR) is 122 cm³/mol. The Morgan fingerprint density at radius 3 is 2.62 bits per heavy atom. The van der Waals surface area contributed by atoms with E-state index in [0.717, 1.165) is 11.1 Å². The molecule has 12 heteroatoms. The highest BCUT2D eigenvalue weighted by atomic mass is 16.6. The number of hydrogen-bond donors (Lipinski definition) is 4. The number of aliphatic carboxylic acids is 2. The number of hydrogen-bond acceptors (Lipinski definition) is 10. The average Bonchev–Trinajstić information content (AvgIpc) is 3.19. The Kier molecular flexibility index (Phi) is 5.91. The van der Waals surface area contributed by atoms with Gasteiger partial charge < -0.3 is 39.5 Å². The number of carboxylic acids is 2. The molecule has 12 nitrogen and oxygen atoms in total. The third-order valence-corrected chi connectivity index (χ3v) is 8.03. The summed E-state index contributed by atoms with van der Waals surface area (Å²) < 4.78 is 16.4. The molecule has 2 aliphatic heterocycles. The SMILES string of the molecule is CN1CCC23c4c5ccc(O)c4OC2C(OC(=O)CCC(=O)O[C@@H](CC(=O)O)C(=O)O)=CC[C@@]3(O)[C@H]1C5. The first-order valence-electron chi connectivity index (χ1n) is 12.0. The molecule has 1 saturated heterocycles. The number of carbonyl (C=O) groups excluding carboxylic acids is 2. The number of rotatable bonds is 8. The lowest BCUT2D eigenvalue weighted by atomic mass is 9.50. The van der Waals surface area contributed by atoms with E-state index in [2.05, 4.69) is 9.64 Å². The second-order valence-electron chi connectivity index (χ2n) is 9.99. The Hall–Kier alpha value is -3.64. The van der Waals surface area contributed by atoms with Crippen molar-refractivity contribution in [3.63, 3.8) is 0 Å². The molecule has 0 amide bonds. The van der Waals surface area contributed by atoms with Gasteiger partial charge >= 0.3 is 23.9 Å². The van der Waals surface area contributed by atoms with Crippen LogP contribution in [0.1, 0.15) is 43.2 Å². The summed E-state index contributed by atoms with van der Waals surface area (Å²) in [6, 6.07) is 3.18. The van der Waals surface area contributed by atoms with Gasteiger partial charge in [-0.15, -0.1) is 0 Å². The minimum atomic E-state index is -1.87. The van der Waals surface area contributed by atoms with Crippen LogP contribution < -0.4 is 4.74 Å². The molecule has 5 rings (SSSR count). The van der Waals surface area contributed by atoms with Gasteiger partial charge in [0.1, 0.15) is 5.76 Å². The molecule has 4 N–H and O–H groups in total. The minimum absolute atomic E-state index is 0.0648. The van der Waals surface area contributed by atoms with Crippen molar-refractivity contribution in [1.29, 1.82) is 0 Å². The zero-order valence-electron chi connectivity index (χ0n) is 20.0. The van der Waals surface area contributed by atoms with Gasteiger partial charge in [-0.3, -0.25) is 14.4 Å². The Morgan fingerprint density at radius 1 is 1.19 bits per heavy atom. The highest BCUT2D eigenvalue weighted by molar-refractivity contribution is 5.84. The largest absolute Gasteiger partial charge is 0.504 e. The standard InChI is InChI=1S/C25H27NO11/c1-26-9-8-24-20-12-2-3-13(27)21(20)37-22(24)14(6-7-25(24,34)16(26)10-12)35-18(30)4-5-19(31)36-15(23(32)33)11-17(28)29/h2-3,6,15-16,22,27,34H,4-5,7-11H2,1H3,(H,28,29)(H,32,33)/t15-,16+,22?,24?,25+/m0/s1. The van der Waals surface area contributed by atoms with Crippen molar-refractivity contribution in [3.05, 3.63) is 35.1 Å². The van der Waals surface area contributed by atoms with Gasteiger partial charge in [0.25, 0.3) is 0 Å². The van der Waals surface area contributed by atoms with E-state index < -0.39 is 66.4 Å². The maximum absolute atomic E-state index is 12.6. The van der Waals surface area contributed by atoms with Crippen LogP contribution in [0.5, 0.6) is 11.5 Å². The second kappa shape index (κ2) is 8.73. The van der Waals surface area contributed by atoms with Gasteiger partial charge in [0.15, 0.2) is 17.6 Å². The molecule has 0 saturated carbocycles. The third kappa shape index (κ3) is 3.74. The molecule has 2 unspecified atom stereocenters. The van der Waals surface area contributed by atoms with E-state index in [1.54, 1.807) is 12.1 Å². The summed E-state index contributed by atoms with van der Waals surface area (Å²) in [5.41, 5.74) is -0.443. The fraction of sp³-hybridized carbons (Fsp3) is 0.520. The molecule has 1 fully saturated rings. The number of esters is 2. The molecular weight excluding hydrogens is 490 g/mol. The summed E-state index contributed by atoms with van der Waals surface area (Å²) in [5, 5.41) is 40.4. The molecule has 1 aromatic carbocycles. The molecule has 2 aliphatic carbocycles. The zero-order valence-corrected chi connectivity index (χ0v) is 20.0. The van der Waals surface area contributed by atoms with Gasteiger partial charge in [0, 0.05) is 18.0 Å². The molecule has 5 atom stereocenters. The summed E-state index contributed by atoms with van der Waals surface area (Å²) >= 11 is 0. The lowest BCUT2D eigenvalue weighted by molar-refractivity contribution is -0.171. The van der Waals surface area contributed by atoms with Gasteiger partial charge in [-0.1, -0.05) is 6.07 Å². The van der Waals surface area contributed by atoms with Crippen LogP contribution in [-0.4, -0.2) is 86.6 Å². The first-order chi connectivity index (χ1) is 17.5. The number of phenolic OH excluding ortho intramolecular Hbond substituents is 1. The first-order valence-corrected chi connectivity index (χ1v) is 12.0. The van der Waals surface area contributed by atoms with Gasteiger partial charge in [-0.25, -0.2) is 4.79 Å². The van der Waals surface area contributed by atoms with Gasteiger partial charge in [-0.2, -0.15) is 0 Å². The van der Waals surface area contributed by atoms with Crippen LogP contribution in [0.2, 0.25) is 0 Å². The molecule has 1 spiro atoms. The smallest absolute Gasteiger partial charge is 0.345 e. The van der Waals surface area contributed by atoms with Crippen LogP contribution in [0.15, 0.2) is 24.0 Å². The Labute approximate surface area is 211 Å². The molecule has 0 radical (unpaired) electrons. The molecule has 2 heterocycles. The van der Waals surface area contributed by atoms with Crippen molar-refractivity contribution in [2.75, 3.05) is 13.6 Å². The highest BCUT2D eigenvalue weighted by Gasteiger charge is 2.72. The monoisotopic (exact) mass is 517 g/mol. The van der Waals surface area contributed by atoms with E-state index >= 15 is 0 Å². The van der Waals surface area contributed by atoms with E-state index in [0.29, 0.717) is 19.4 Å². The van der Waals surface area contributed by atoms with E-state index in [1.807, 2.05) is 13.1 Å². The molecule has 4 aliphatic rings. The second-order valence-corrected chi connectivity index (χ2v) is 9.99. The maximum atomic E-state index is 12.6. The summed E-state index contributed by atoms with van der Waals surface area (Å²) in [6.07, 6.45) is -1.73. The molecule has 198 valence electrons. The number of ether oxygens (including phenoxy) is 3. The number of aromatic hydroxyl groups is 1. The topological polar surface area (TPSA) is 180 Å². The lowest BCUT2D eigenvalue weighted by Gasteiger charge is -2.61. The molecule has 2 bridgehead atoms. The number of carboxylic acid groups (broad SMARTS) is 2. The quantitative estimate of drug-likeness (QED) is 0.351. The number of likely N-dealkylation sites (N-methyl/N-ethyl adjacent to an activating group) is 1. The summed E-state index contributed by atoms with van der Waals surface area (Å²) in [4.78, 5) is 48.6. The number of likely N-dealkylation sites (tertiary alicyclic amines) is 1. The van der Waals surface area contributed by atoms with Crippen molar-refractivity contribution in [2.24, 2.45) is 0 Å². The summed E-state index contributed by atoms with van der Waals surface area (Å²) in [5.74, 6) is -4.54. The number of benzene rings is 1. The highest BCUT2D eigenvalue weighted by Crippen LogP contribution is 2.65. The fourth-order valence-corrected chi connectivity index (χ4v) is 6.38. The van der Waals surface area contributed by atoms with E-state index in [9.17, 15) is 29.4 Å². The number of nitrogens with zero attached hydrogens (tertiary/aromatic N) is 1. The number of phenols is 1. The Bertz CT molecular complexity index is 1230. The first kappa shape index (κ1) is 25.0. The predicted octanol–water partition coefficient (Wildman–Crippen LogP) is 0.464. The van der Waals surface area contributed by atoms with Crippen LogP contribution in [0.25, 0.3) is 0 Å². The minimum Gasteiger partial charge on any atom is -0.504 e. The summed E-state index contributed by atoms with van der Waals surface area (Å²) in [7, 11) is 1.95.